The lowest BCUT2D eigenvalue weighted by molar-refractivity contribution is -0.143. The summed E-state index contributed by atoms with van der Waals surface area (Å²) in [5, 5.41) is 2.23. The number of carbonyl (C=O) groups is 2. The first-order valence-corrected chi connectivity index (χ1v) is 9.60. The Morgan fingerprint density at radius 2 is 1.60 bits per heavy atom. The normalized spacial score (nSPS) is 12.3. The van der Waals surface area contributed by atoms with Crippen LogP contribution in [0.15, 0.2) is 30.3 Å². The molecule has 0 saturated carbocycles. The van der Waals surface area contributed by atoms with Gasteiger partial charge in [0.05, 0.1) is 19.8 Å². The summed E-state index contributed by atoms with van der Waals surface area (Å²) in [4.78, 5) is 24.1. The smallest absolute Gasteiger partial charge is 0.408 e. The lowest BCUT2D eigenvalue weighted by Gasteiger charge is -2.25. The average Bonchev–Trinajstić information content (AvgIpc) is 2.59. The number of ether oxygens (including phenoxy) is 2. The number of hydrogen-bond donors (Lipinski definition) is 1. The summed E-state index contributed by atoms with van der Waals surface area (Å²) in [6, 6.07) is 9.00. The maximum atomic E-state index is 12.8. The van der Waals surface area contributed by atoms with Gasteiger partial charge in [-0.2, -0.15) is 0 Å². The van der Waals surface area contributed by atoms with E-state index in [0.717, 1.165) is 5.56 Å². The molecule has 9 heteroatoms. The number of rotatable bonds is 10. The van der Waals surface area contributed by atoms with Crippen molar-refractivity contribution in [3.05, 3.63) is 35.9 Å². The Kier molecular flexibility index (Phi) is 9.20. The van der Waals surface area contributed by atoms with Crippen molar-refractivity contribution in [1.82, 2.24) is 5.32 Å². The van der Waals surface area contributed by atoms with E-state index in [1.807, 2.05) is 6.07 Å². The van der Waals surface area contributed by atoms with E-state index in [0.29, 0.717) is 0 Å². The van der Waals surface area contributed by atoms with Crippen molar-refractivity contribution in [2.24, 2.45) is 0 Å². The molecule has 140 valence electrons. The van der Waals surface area contributed by atoms with E-state index in [1.165, 1.54) is 0 Å². The monoisotopic (exact) mass is 373 g/mol. The summed E-state index contributed by atoms with van der Waals surface area (Å²) in [6.45, 7) is 4.91. The van der Waals surface area contributed by atoms with Crippen LogP contribution in [-0.4, -0.2) is 37.7 Å². The number of esters is 1. The van der Waals surface area contributed by atoms with Crippen molar-refractivity contribution < 1.29 is 32.7 Å². The van der Waals surface area contributed by atoms with Crippen LogP contribution in [-0.2, 0) is 34.5 Å². The van der Waals surface area contributed by atoms with Gasteiger partial charge in [-0.25, -0.2) is 9.59 Å². The second-order valence-electron chi connectivity index (χ2n) is 4.74. The zero-order chi connectivity index (χ0) is 18.7. The molecule has 8 nitrogen and oxygen atoms in total. The summed E-state index contributed by atoms with van der Waals surface area (Å²) >= 11 is 0. The van der Waals surface area contributed by atoms with Crippen molar-refractivity contribution in [2.75, 3.05) is 19.8 Å². The van der Waals surface area contributed by atoms with Crippen LogP contribution in [0, 0.1) is 0 Å². The maximum absolute atomic E-state index is 12.8. The van der Waals surface area contributed by atoms with Gasteiger partial charge in [0.25, 0.3) is 0 Å². The highest BCUT2D eigenvalue weighted by Gasteiger charge is 2.44. The molecule has 0 aliphatic heterocycles. The third kappa shape index (κ3) is 6.86. The number of amides is 1. The zero-order valence-electron chi connectivity index (χ0n) is 14.6. The molecule has 0 spiro atoms. The molecule has 25 heavy (non-hydrogen) atoms. The van der Waals surface area contributed by atoms with Gasteiger partial charge in [0.1, 0.15) is 6.61 Å². The van der Waals surface area contributed by atoms with Crippen LogP contribution in [0.25, 0.3) is 0 Å². The Morgan fingerprint density at radius 3 is 2.12 bits per heavy atom. The number of nitrogens with one attached hydrogen (secondary N) is 1. The van der Waals surface area contributed by atoms with E-state index in [-0.39, 0.29) is 26.4 Å². The van der Waals surface area contributed by atoms with Crippen LogP contribution < -0.4 is 5.32 Å². The molecular weight excluding hydrogens is 349 g/mol. The Balaban J connectivity index is 2.83. The number of carbonyl (C=O) groups excluding carboxylic acids is 2. The van der Waals surface area contributed by atoms with E-state index in [9.17, 15) is 14.2 Å². The fraction of sp³-hybridized carbons (Fsp3) is 0.500. The van der Waals surface area contributed by atoms with Crippen molar-refractivity contribution in [1.29, 1.82) is 0 Å². The highest BCUT2D eigenvalue weighted by molar-refractivity contribution is 7.55. The first kappa shape index (κ1) is 21.2. The quantitative estimate of drug-likeness (QED) is 0.497. The second kappa shape index (κ2) is 10.9. The van der Waals surface area contributed by atoms with E-state index < -0.39 is 25.4 Å². The minimum Gasteiger partial charge on any atom is -0.464 e. The van der Waals surface area contributed by atoms with Crippen LogP contribution in [0.2, 0.25) is 0 Å². The molecule has 0 fully saturated rings. The summed E-state index contributed by atoms with van der Waals surface area (Å²) < 4.78 is 33.0. The number of hydrogen-bond acceptors (Lipinski definition) is 7. The molecule has 1 aromatic carbocycles. The largest absolute Gasteiger partial charge is 0.464 e. The Hall–Kier alpha value is -1.89. The maximum Gasteiger partial charge on any atom is 0.408 e. The molecule has 0 aromatic heterocycles. The fourth-order valence-corrected chi connectivity index (χ4v) is 3.60. The topological polar surface area (TPSA) is 100 Å². The number of alkyl carbamates (subject to hydrolysis) is 1. The summed E-state index contributed by atoms with van der Waals surface area (Å²) in [5.74, 6) is -2.51. The molecule has 1 N–H and O–H groups in total. The third-order valence-electron chi connectivity index (χ3n) is 2.91. The van der Waals surface area contributed by atoms with Gasteiger partial charge in [0.2, 0.25) is 5.78 Å². The molecule has 1 amide bonds. The molecular formula is C16H24NO7P. The van der Waals surface area contributed by atoms with E-state index in [2.05, 4.69) is 5.32 Å². The predicted octanol–water partition coefficient (Wildman–Crippen LogP) is 3.07. The highest BCUT2D eigenvalue weighted by Crippen LogP contribution is 2.52. The van der Waals surface area contributed by atoms with E-state index >= 15 is 0 Å². The second-order valence-corrected chi connectivity index (χ2v) is 6.85. The van der Waals surface area contributed by atoms with Gasteiger partial charge in [-0.15, -0.1) is 0 Å². The first-order valence-electron chi connectivity index (χ1n) is 7.99. The molecule has 0 bridgehead atoms. The van der Waals surface area contributed by atoms with Crippen LogP contribution >= 0.6 is 7.60 Å². The SMILES string of the molecule is CCOC(=O)C(NC(=O)OCc1ccccc1)P(=O)(OCC)OCC. The zero-order valence-corrected chi connectivity index (χ0v) is 15.5. The molecule has 0 aliphatic carbocycles. The van der Waals surface area contributed by atoms with Crippen molar-refractivity contribution >= 4 is 19.7 Å². The Bertz CT molecular complexity index is 583. The molecule has 0 saturated heterocycles. The average molecular weight is 373 g/mol. The first-order chi connectivity index (χ1) is 12.0. The fourth-order valence-electron chi connectivity index (χ4n) is 1.91. The summed E-state index contributed by atoms with van der Waals surface area (Å²) in [7, 11) is -3.95. The minimum atomic E-state index is -3.95. The van der Waals surface area contributed by atoms with Gasteiger partial charge in [-0.1, -0.05) is 30.3 Å². The van der Waals surface area contributed by atoms with Gasteiger partial charge in [0.15, 0.2) is 0 Å². The van der Waals surface area contributed by atoms with Gasteiger partial charge >= 0.3 is 19.7 Å². The van der Waals surface area contributed by atoms with Gasteiger partial charge in [0, 0.05) is 0 Å². The molecule has 1 atom stereocenters. The van der Waals surface area contributed by atoms with Crippen LogP contribution in [0.1, 0.15) is 26.3 Å². The Labute approximate surface area is 147 Å². The molecule has 0 heterocycles. The summed E-state index contributed by atoms with van der Waals surface area (Å²) in [6.07, 6.45) is -0.929. The van der Waals surface area contributed by atoms with Crippen LogP contribution in [0.3, 0.4) is 0 Å². The minimum absolute atomic E-state index is 0.00418. The molecule has 1 aromatic rings. The van der Waals surface area contributed by atoms with Crippen molar-refractivity contribution in [3.63, 3.8) is 0 Å². The van der Waals surface area contributed by atoms with E-state index in [4.69, 9.17) is 18.5 Å². The lowest BCUT2D eigenvalue weighted by atomic mass is 10.2. The van der Waals surface area contributed by atoms with Crippen molar-refractivity contribution in [3.8, 4) is 0 Å². The highest BCUT2D eigenvalue weighted by atomic mass is 31.2. The lowest BCUT2D eigenvalue weighted by Crippen LogP contribution is -2.42. The standard InChI is InChI=1S/C16H24NO7P/c1-4-21-15(18)14(25(20,23-5-2)24-6-3)17-16(19)22-12-13-10-8-7-9-11-13/h7-11,14H,4-6,12H2,1-3H3,(H,17,19). The van der Waals surface area contributed by atoms with Crippen molar-refractivity contribution in [2.45, 2.75) is 33.2 Å². The predicted molar refractivity (Wildman–Crippen MR) is 91.0 cm³/mol. The van der Waals surface area contributed by atoms with Gasteiger partial charge < -0.3 is 18.5 Å². The van der Waals surface area contributed by atoms with Gasteiger partial charge in [-0.05, 0) is 26.3 Å². The molecule has 0 radical (unpaired) electrons. The van der Waals surface area contributed by atoms with E-state index in [1.54, 1.807) is 45.0 Å². The van der Waals surface area contributed by atoms with Crippen LogP contribution in [0.5, 0.6) is 0 Å². The van der Waals surface area contributed by atoms with Crippen LogP contribution in [0.4, 0.5) is 4.79 Å². The third-order valence-corrected chi connectivity index (χ3v) is 5.12. The summed E-state index contributed by atoms with van der Waals surface area (Å²) in [5.41, 5.74) is 0.767. The molecule has 1 rings (SSSR count). The molecule has 1 unspecified atom stereocenters. The van der Waals surface area contributed by atoms with Gasteiger partial charge in [-0.3, -0.25) is 9.88 Å². The Morgan fingerprint density at radius 1 is 1.00 bits per heavy atom. The molecule has 0 aliphatic rings. The number of benzene rings is 1.